The number of hydrogen-bond acceptors (Lipinski definition) is 1. The first-order chi connectivity index (χ1) is 4.66. The summed E-state index contributed by atoms with van der Waals surface area (Å²) in [6, 6.07) is 0. The lowest BCUT2D eigenvalue weighted by Crippen LogP contribution is -2.32. The molecule has 0 bridgehead atoms. The SMILES string of the molecule is C#C[C@]1(O)CCCC(C)C1. The summed E-state index contributed by atoms with van der Waals surface area (Å²) in [5, 5.41) is 9.61. The van der Waals surface area contributed by atoms with Crippen LogP contribution in [0.4, 0.5) is 0 Å². The molecule has 1 aliphatic rings. The Morgan fingerprint density at radius 2 is 2.40 bits per heavy atom. The van der Waals surface area contributed by atoms with Crippen molar-refractivity contribution >= 4 is 0 Å². The Hall–Kier alpha value is -0.480. The highest BCUT2D eigenvalue weighted by Gasteiger charge is 2.29. The highest BCUT2D eigenvalue weighted by atomic mass is 16.3. The average Bonchev–Trinajstić information content (AvgIpc) is 1.88. The van der Waals surface area contributed by atoms with Crippen molar-refractivity contribution in [3.8, 4) is 12.3 Å². The Morgan fingerprint density at radius 1 is 1.70 bits per heavy atom. The first-order valence-corrected chi connectivity index (χ1v) is 3.86. The predicted octanol–water partition coefficient (Wildman–Crippen LogP) is 1.56. The second-order valence-corrected chi connectivity index (χ2v) is 3.38. The summed E-state index contributed by atoms with van der Waals surface area (Å²) >= 11 is 0. The lowest BCUT2D eigenvalue weighted by Gasteiger charge is -2.30. The largest absolute Gasteiger partial charge is 0.378 e. The zero-order chi connectivity index (χ0) is 7.61. The highest BCUT2D eigenvalue weighted by Crippen LogP contribution is 2.31. The summed E-state index contributed by atoms with van der Waals surface area (Å²) < 4.78 is 0. The second-order valence-electron chi connectivity index (χ2n) is 3.38. The first kappa shape index (κ1) is 7.63. The van der Waals surface area contributed by atoms with Crippen LogP contribution >= 0.6 is 0 Å². The van der Waals surface area contributed by atoms with Crippen LogP contribution in [-0.2, 0) is 0 Å². The summed E-state index contributed by atoms with van der Waals surface area (Å²) in [7, 11) is 0. The summed E-state index contributed by atoms with van der Waals surface area (Å²) in [4.78, 5) is 0. The fraction of sp³-hybridized carbons (Fsp3) is 0.778. The third-order valence-corrected chi connectivity index (χ3v) is 2.24. The standard InChI is InChI=1S/C9H14O/c1-3-9(10)6-4-5-8(2)7-9/h1,8,10H,4-7H2,2H3/t8?,9-/m0/s1. The lowest BCUT2D eigenvalue weighted by atomic mass is 9.79. The van der Waals surface area contributed by atoms with E-state index in [9.17, 15) is 5.11 Å². The van der Waals surface area contributed by atoms with E-state index in [1.165, 1.54) is 6.42 Å². The van der Waals surface area contributed by atoms with Crippen molar-refractivity contribution in [2.75, 3.05) is 0 Å². The van der Waals surface area contributed by atoms with Gasteiger partial charge in [0, 0.05) is 0 Å². The van der Waals surface area contributed by atoms with Crippen LogP contribution in [0.3, 0.4) is 0 Å². The van der Waals surface area contributed by atoms with Crippen molar-refractivity contribution < 1.29 is 5.11 Å². The van der Waals surface area contributed by atoms with Gasteiger partial charge < -0.3 is 5.11 Å². The number of aliphatic hydroxyl groups is 1. The maximum Gasteiger partial charge on any atom is 0.125 e. The van der Waals surface area contributed by atoms with E-state index in [0.29, 0.717) is 5.92 Å². The van der Waals surface area contributed by atoms with Crippen molar-refractivity contribution in [1.29, 1.82) is 0 Å². The fourth-order valence-corrected chi connectivity index (χ4v) is 1.65. The number of rotatable bonds is 0. The molecule has 0 aliphatic heterocycles. The first-order valence-electron chi connectivity index (χ1n) is 3.86. The van der Waals surface area contributed by atoms with Crippen LogP contribution in [0.15, 0.2) is 0 Å². The Labute approximate surface area is 62.4 Å². The molecule has 0 aromatic heterocycles. The minimum atomic E-state index is -0.780. The Balaban J connectivity index is 2.56. The van der Waals surface area contributed by atoms with Crippen molar-refractivity contribution in [2.45, 2.75) is 38.2 Å². The quantitative estimate of drug-likeness (QED) is 0.504. The summed E-state index contributed by atoms with van der Waals surface area (Å²) in [6.07, 6.45) is 9.05. The number of terminal acetylenes is 1. The fourth-order valence-electron chi connectivity index (χ4n) is 1.65. The molecule has 0 amide bonds. The maximum absolute atomic E-state index is 9.61. The van der Waals surface area contributed by atoms with Gasteiger partial charge >= 0.3 is 0 Å². The molecule has 56 valence electrons. The van der Waals surface area contributed by atoms with Crippen LogP contribution in [0.25, 0.3) is 0 Å². The average molecular weight is 138 g/mol. The van der Waals surface area contributed by atoms with Gasteiger partial charge in [0.15, 0.2) is 0 Å². The molecule has 1 nitrogen and oxygen atoms in total. The monoisotopic (exact) mass is 138 g/mol. The molecule has 10 heavy (non-hydrogen) atoms. The zero-order valence-electron chi connectivity index (χ0n) is 6.43. The summed E-state index contributed by atoms with van der Waals surface area (Å²) in [6.45, 7) is 2.14. The minimum Gasteiger partial charge on any atom is -0.378 e. The summed E-state index contributed by atoms with van der Waals surface area (Å²) in [5.74, 6) is 3.06. The molecule has 2 atom stereocenters. The predicted molar refractivity (Wildman–Crippen MR) is 41.4 cm³/mol. The van der Waals surface area contributed by atoms with E-state index in [2.05, 4.69) is 12.8 Å². The van der Waals surface area contributed by atoms with Crippen molar-refractivity contribution in [1.82, 2.24) is 0 Å². The van der Waals surface area contributed by atoms with Crippen molar-refractivity contribution in [3.05, 3.63) is 0 Å². The van der Waals surface area contributed by atoms with Gasteiger partial charge in [0.1, 0.15) is 5.60 Å². The molecule has 0 spiro atoms. The van der Waals surface area contributed by atoms with Gasteiger partial charge in [-0.2, -0.15) is 0 Å². The molecular formula is C9H14O. The molecule has 1 N–H and O–H groups in total. The van der Waals surface area contributed by atoms with Gasteiger partial charge in [0.2, 0.25) is 0 Å². The van der Waals surface area contributed by atoms with Crippen LogP contribution in [0, 0.1) is 18.3 Å². The van der Waals surface area contributed by atoms with Gasteiger partial charge in [-0.25, -0.2) is 0 Å². The highest BCUT2D eigenvalue weighted by molar-refractivity contribution is 5.08. The van der Waals surface area contributed by atoms with Crippen LogP contribution in [0.1, 0.15) is 32.6 Å². The zero-order valence-corrected chi connectivity index (χ0v) is 6.43. The molecule has 0 saturated heterocycles. The molecule has 1 rings (SSSR count). The maximum atomic E-state index is 9.61. The van der Waals surface area contributed by atoms with Gasteiger partial charge in [0.25, 0.3) is 0 Å². The van der Waals surface area contributed by atoms with Gasteiger partial charge in [-0.1, -0.05) is 19.3 Å². The molecule has 1 unspecified atom stereocenters. The topological polar surface area (TPSA) is 20.2 Å². The molecule has 0 radical (unpaired) electrons. The minimum absolute atomic E-state index is 0.592. The van der Waals surface area contributed by atoms with Crippen molar-refractivity contribution in [2.24, 2.45) is 5.92 Å². The van der Waals surface area contributed by atoms with Crippen molar-refractivity contribution in [3.63, 3.8) is 0 Å². The summed E-state index contributed by atoms with van der Waals surface area (Å²) in [5.41, 5.74) is -0.780. The Bertz CT molecular complexity index is 157. The van der Waals surface area contributed by atoms with Gasteiger partial charge in [-0.15, -0.1) is 6.42 Å². The van der Waals surface area contributed by atoms with Crippen LogP contribution in [-0.4, -0.2) is 10.7 Å². The Kier molecular flexibility index (Phi) is 2.01. The van der Waals surface area contributed by atoms with E-state index in [1.807, 2.05) is 0 Å². The van der Waals surface area contributed by atoms with Crippen LogP contribution in [0.5, 0.6) is 0 Å². The van der Waals surface area contributed by atoms with Crippen LogP contribution in [0.2, 0.25) is 0 Å². The molecule has 0 aromatic carbocycles. The van der Waals surface area contributed by atoms with Crippen LogP contribution < -0.4 is 0 Å². The smallest absolute Gasteiger partial charge is 0.125 e. The van der Waals surface area contributed by atoms with E-state index in [1.54, 1.807) is 0 Å². The molecular weight excluding hydrogens is 124 g/mol. The van der Waals surface area contributed by atoms with E-state index in [4.69, 9.17) is 6.42 Å². The van der Waals surface area contributed by atoms with Gasteiger partial charge in [-0.05, 0) is 25.2 Å². The number of hydrogen-bond donors (Lipinski definition) is 1. The molecule has 1 aliphatic carbocycles. The molecule has 1 fully saturated rings. The van der Waals surface area contributed by atoms with E-state index in [0.717, 1.165) is 19.3 Å². The molecule has 1 heteroatoms. The second kappa shape index (κ2) is 2.64. The van der Waals surface area contributed by atoms with E-state index < -0.39 is 5.60 Å². The normalized spacial score (nSPS) is 40.7. The molecule has 0 aromatic rings. The lowest BCUT2D eigenvalue weighted by molar-refractivity contribution is 0.0412. The van der Waals surface area contributed by atoms with Gasteiger partial charge in [0.05, 0.1) is 0 Å². The van der Waals surface area contributed by atoms with E-state index in [-0.39, 0.29) is 0 Å². The third-order valence-electron chi connectivity index (χ3n) is 2.24. The van der Waals surface area contributed by atoms with Gasteiger partial charge in [-0.3, -0.25) is 0 Å². The third kappa shape index (κ3) is 1.52. The molecule has 0 heterocycles. The van der Waals surface area contributed by atoms with E-state index >= 15 is 0 Å². The molecule has 1 saturated carbocycles. The Morgan fingerprint density at radius 3 is 2.80 bits per heavy atom.